The fourth-order valence-electron chi connectivity index (χ4n) is 3.68. The number of hydrogen-bond acceptors (Lipinski definition) is 3. The molecule has 4 heteroatoms. The number of benzene rings is 1. The Morgan fingerprint density at radius 1 is 1.29 bits per heavy atom. The topological polar surface area (TPSA) is 39.1 Å². The molecule has 0 bridgehead atoms. The Kier molecular flexibility index (Phi) is 8.05. The second-order valence-electron chi connectivity index (χ2n) is 6.82. The Bertz CT molecular complexity index is 546. The fourth-order valence-corrected chi connectivity index (χ4v) is 4.03. The molecule has 0 aliphatic carbocycles. The molecule has 132 valence electrons. The summed E-state index contributed by atoms with van der Waals surface area (Å²) < 4.78 is 0. The normalized spacial score (nSPS) is 18.1. The summed E-state index contributed by atoms with van der Waals surface area (Å²) >= 11 is 6.23. The quantitative estimate of drug-likeness (QED) is 0.721. The molecule has 1 saturated heterocycles. The van der Waals surface area contributed by atoms with Gasteiger partial charge in [-0.3, -0.25) is 4.90 Å². The van der Waals surface area contributed by atoms with E-state index in [0.717, 1.165) is 49.6 Å². The highest BCUT2D eigenvalue weighted by atomic mass is 35.5. The zero-order valence-corrected chi connectivity index (χ0v) is 15.8. The van der Waals surface area contributed by atoms with Crippen LogP contribution in [0.5, 0.6) is 0 Å². The third-order valence-electron chi connectivity index (χ3n) is 5.27. The van der Waals surface area contributed by atoms with E-state index in [4.69, 9.17) is 16.9 Å². The molecule has 2 atom stereocenters. The van der Waals surface area contributed by atoms with E-state index in [1.165, 1.54) is 24.8 Å². The predicted molar refractivity (Wildman–Crippen MR) is 102 cm³/mol. The van der Waals surface area contributed by atoms with Gasteiger partial charge in [-0.25, -0.2) is 0 Å². The standard InChI is InChI=1S/C20H30ClN3/c1-3-17(18-7-8-19(15-22)16(2)13-18)5-4-6-20(14-21)24-11-9-23-10-12-24/h7-8,13,17,20,23H,3-6,9-12,14H2,1-2H3. The molecule has 1 aliphatic heterocycles. The Hall–Kier alpha value is -1.08. The molecule has 3 nitrogen and oxygen atoms in total. The van der Waals surface area contributed by atoms with E-state index in [9.17, 15) is 0 Å². The summed E-state index contributed by atoms with van der Waals surface area (Å²) in [5.41, 5.74) is 3.25. The maximum Gasteiger partial charge on any atom is 0.0994 e. The van der Waals surface area contributed by atoms with Crippen LogP contribution in [0, 0.1) is 18.3 Å². The van der Waals surface area contributed by atoms with Crippen LogP contribution in [0.15, 0.2) is 18.2 Å². The van der Waals surface area contributed by atoms with Gasteiger partial charge in [-0.05, 0) is 49.3 Å². The minimum Gasteiger partial charge on any atom is -0.314 e. The first kappa shape index (κ1) is 19.2. The van der Waals surface area contributed by atoms with Crippen molar-refractivity contribution in [2.24, 2.45) is 0 Å². The van der Waals surface area contributed by atoms with E-state index in [0.29, 0.717) is 12.0 Å². The SMILES string of the molecule is CCC(CCCC(CCl)N1CCNCC1)c1ccc(C#N)c(C)c1. The van der Waals surface area contributed by atoms with Crippen molar-refractivity contribution in [3.05, 3.63) is 34.9 Å². The highest BCUT2D eigenvalue weighted by Gasteiger charge is 2.20. The van der Waals surface area contributed by atoms with Crippen LogP contribution in [0.4, 0.5) is 0 Å². The molecule has 2 unspecified atom stereocenters. The zero-order valence-electron chi connectivity index (χ0n) is 15.0. The van der Waals surface area contributed by atoms with Gasteiger partial charge >= 0.3 is 0 Å². The zero-order chi connectivity index (χ0) is 17.4. The molecule has 0 spiro atoms. The number of hydrogen-bond donors (Lipinski definition) is 1. The first-order chi connectivity index (χ1) is 11.7. The Labute approximate surface area is 152 Å². The van der Waals surface area contributed by atoms with Crippen molar-refractivity contribution in [3.63, 3.8) is 0 Å². The van der Waals surface area contributed by atoms with Gasteiger partial charge in [0.15, 0.2) is 0 Å². The molecule has 0 radical (unpaired) electrons. The van der Waals surface area contributed by atoms with Crippen molar-refractivity contribution in [2.75, 3.05) is 32.1 Å². The second-order valence-corrected chi connectivity index (χ2v) is 7.12. The van der Waals surface area contributed by atoms with Crippen molar-refractivity contribution in [3.8, 4) is 6.07 Å². The van der Waals surface area contributed by atoms with E-state index in [-0.39, 0.29) is 0 Å². The first-order valence-electron chi connectivity index (χ1n) is 9.21. The number of nitrogens with zero attached hydrogens (tertiary/aromatic N) is 2. The average molecular weight is 348 g/mol. The lowest BCUT2D eigenvalue weighted by Crippen LogP contribution is -2.49. The van der Waals surface area contributed by atoms with Gasteiger partial charge in [0.2, 0.25) is 0 Å². The van der Waals surface area contributed by atoms with Gasteiger partial charge in [-0.2, -0.15) is 5.26 Å². The molecule has 1 aliphatic rings. The molecular weight excluding hydrogens is 318 g/mol. The van der Waals surface area contributed by atoms with Crippen LogP contribution in [-0.4, -0.2) is 43.0 Å². The lowest BCUT2D eigenvalue weighted by atomic mass is 9.89. The lowest BCUT2D eigenvalue weighted by molar-refractivity contribution is 0.175. The molecule has 1 N–H and O–H groups in total. The molecule has 24 heavy (non-hydrogen) atoms. The van der Waals surface area contributed by atoms with Gasteiger partial charge in [0.25, 0.3) is 0 Å². The first-order valence-corrected chi connectivity index (χ1v) is 9.74. The van der Waals surface area contributed by atoms with E-state index in [1.54, 1.807) is 0 Å². The van der Waals surface area contributed by atoms with Crippen LogP contribution in [0.25, 0.3) is 0 Å². The Balaban J connectivity index is 1.88. The molecule has 0 amide bonds. The molecule has 1 heterocycles. The summed E-state index contributed by atoms with van der Waals surface area (Å²) in [7, 11) is 0. The van der Waals surface area contributed by atoms with Gasteiger partial charge in [-0.1, -0.05) is 25.5 Å². The monoisotopic (exact) mass is 347 g/mol. The maximum absolute atomic E-state index is 9.09. The molecule has 1 aromatic carbocycles. The number of piperazine rings is 1. The molecule has 0 aromatic heterocycles. The van der Waals surface area contributed by atoms with Crippen molar-refractivity contribution in [1.82, 2.24) is 10.2 Å². The van der Waals surface area contributed by atoms with Gasteiger partial charge in [-0.15, -0.1) is 11.6 Å². The molecule has 1 aromatic rings. The molecule has 0 saturated carbocycles. The number of rotatable bonds is 8. The van der Waals surface area contributed by atoms with Crippen LogP contribution < -0.4 is 5.32 Å². The van der Waals surface area contributed by atoms with Crippen molar-refractivity contribution in [1.29, 1.82) is 5.26 Å². The molecule has 1 fully saturated rings. The highest BCUT2D eigenvalue weighted by Crippen LogP contribution is 2.28. The summed E-state index contributed by atoms with van der Waals surface area (Å²) in [6, 6.07) is 9.06. The van der Waals surface area contributed by atoms with E-state index >= 15 is 0 Å². The number of nitrogens with one attached hydrogen (secondary N) is 1. The third kappa shape index (κ3) is 5.21. The van der Waals surface area contributed by atoms with Gasteiger partial charge in [0.1, 0.15) is 0 Å². The minimum atomic E-state index is 0.508. The van der Waals surface area contributed by atoms with E-state index in [2.05, 4.69) is 35.3 Å². The summed E-state index contributed by atoms with van der Waals surface area (Å²) in [5, 5.41) is 12.5. The van der Waals surface area contributed by atoms with Crippen molar-refractivity contribution < 1.29 is 0 Å². The van der Waals surface area contributed by atoms with Crippen LogP contribution in [0.1, 0.15) is 55.2 Å². The summed E-state index contributed by atoms with van der Waals surface area (Å²) in [5.74, 6) is 1.31. The summed E-state index contributed by atoms with van der Waals surface area (Å²) in [6.07, 6.45) is 4.72. The number of halogens is 1. The third-order valence-corrected chi connectivity index (χ3v) is 5.63. The van der Waals surface area contributed by atoms with Gasteiger partial charge in [0.05, 0.1) is 11.6 Å². The Morgan fingerprint density at radius 2 is 2.04 bits per heavy atom. The van der Waals surface area contributed by atoms with Crippen molar-refractivity contribution in [2.45, 2.75) is 51.5 Å². The highest BCUT2D eigenvalue weighted by molar-refractivity contribution is 6.18. The fraction of sp³-hybridized carbons (Fsp3) is 0.650. The van der Waals surface area contributed by atoms with Crippen molar-refractivity contribution >= 4 is 11.6 Å². The lowest BCUT2D eigenvalue weighted by Gasteiger charge is -2.34. The largest absolute Gasteiger partial charge is 0.314 e. The summed E-state index contributed by atoms with van der Waals surface area (Å²) in [4.78, 5) is 2.54. The smallest absolute Gasteiger partial charge is 0.0994 e. The average Bonchev–Trinajstić information content (AvgIpc) is 2.62. The number of nitriles is 1. The molecular formula is C20H30ClN3. The van der Waals surface area contributed by atoms with E-state index in [1.807, 2.05) is 13.0 Å². The Morgan fingerprint density at radius 3 is 2.62 bits per heavy atom. The van der Waals surface area contributed by atoms with Crippen LogP contribution in [-0.2, 0) is 0 Å². The van der Waals surface area contributed by atoms with Gasteiger partial charge < -0.3 is 5.32 Å². The number of aryl methyl sites for hydroxylation is 1. The van der Waals surface area contributed by atoms with E-state index < -0.39 is 0 Å². The predicted octanol–water partition coefficient (Wildman–Crippen LogP) is 4.04. The molecule has 2 rings (SSSR count). The van der Waals surface area contributed by atoms with Gasteiger partial charge in [0, 0.05) is 38.1 Å². The maximum atomic E-state index is 9.09. The number of alkyl halides is 1. The van der Waals surface area contributed by atoms with Crippen LogP contribution in [0.2, 0.25) is 0 Å². The summed E-state index contributed by atoms with van der Waals surface area (Å²) in [6.45, 7) is 8.67. The second kappa shape index (κ2) is 10.0. The van der Waals surface area contributed by atoms with Crippen LogP contribution >= 0.6 is 11.6 Å². The van der Waals surface area contributed by atoms with Crippen LogP contribution in [0.3, 0.4) is 0 Å². The minimum absolute atomic E-state index is 0.508.